The van der Waals surface area contributed by atoms with Crippen molar-refractivity contribution in [3.63, 3.8) is 0 Å². The number of ketones is 1. The zero-order valence-corrected chi connectivity index (χ0v) is 15.5. The van der Waals surface area contributed by atoms with E-state index < -0.39 is 24.3 Å². The minimum atomic E-state index is -0.612. The fourth-order valence-electron chi connectivity index (χ4n) is 2.22. The lowest BCUT2D eigenvalue weighted by atomic mass is 10.2. The summed E-state index contributed by atoms with van der Waals surface area (Å²) in [7, 11) is 1.51. The highest BCUT2D eigenvalue weighted by Gasteiger charge is 2.16. The molecule has 0 radical (unpaired) electrons. The van der Waals surface area contributed by atoms with E-state index in [9.17, 15) is 18.8 Å². The first-order valence-electron chi connectivity index (χ1n) is 8.09. The molecule has 7 heteroatoms. The molecule has 1 aromatic carbocycles. The summed E-state index contributed by atoms with van der Waals surface area (Å²) in [5.74, 6) is -1.57. The molecule has 2 rings (SSSR count). The number of Topliss-reactive ketones (excluding diaryl/α,β-unsaturated/α-hetero) is 1. The number of thiophene rings is 1. The van der Waals surface area contributed by atoms with Gasteiger partial charge in [0.05, 0.1) is 11.3 Å². The highest BCUT2D eigenvalue weighted by atomic mass is 32.1. The van der Waals surface area contributed by atoms with Crippen LogP contribution in [0.25, 0.3) is 0 Å². The number of carbonyl (C=O) groups excluding carboxylic acids is 3. The van der Waals surface area contributed by atoms with Crippen LogP contribution < -0.4 is 0 Å². The summed E-state index contributed by atoms with van der Waals surface area (Å²) in [6.07, 6.45) is -0.0435. The third kappa shape index (κ3) is 5.77. The first-order chi connectivity index (χ1) is 12.4. The van der Waals surface area contributed by atoms with Crippen LogP contribution in [0.4, 0.5) is 4.39 Å². The lowest BCUT2D eigenvalue weighted by molar-refractivity contribution is -0.151. The SMILES string of the molecule is Cc1ccc(C(=O)CCC(=O)OCC(=O)N(C)Cc2ccccc2F)s1. The van der Waals surface area contributed by atoms with Crippen molar-refractivity contribution in [2.45, 2.75) is 26.3 Å². The summed E-state index contributed by atoms with van der Waals surface area (Å²) in [6, 6.07) is 9.74. The third-order valence-corrected chi connectivity index (χ3v) is 4.76. The molecule has 26 heavy (non-hydrogen) atoms. The van der Waals surface area contributed by atoms with E-state index in [4.69, 9.17) is 4.74 Å². The highest BCUT2D eigenvalue weighted by molar-refractivity contribution is 7.14. The molecule has 0 N–H and O–H groups in total. The number of esters is 1. The predicted molar refractivity (Wildman–Crippen MR) is 96.5 cm³/mol. The van der Waals surface area contributed by atoms with Gasteiger partial charge in [0.15, 0.2) is 12.4 Å². The zero-order chi connectivity index (χ0) is 19.1. The van der Waals surface area contributed by atoms with E-state index in [0.717, 1.165) is 4.88 Å². The second kappa shape index (κ2) is 9.24. The van der Waals surface area contributed by atoms with Gasteiger partial charge >= 0.3 is 5.97 Å². The van der Waals surface area contributed by atoms with Crippen molar-refractivity contribution in [2.75, 3.05) is 13.7 Å². The summed E-state index contributed by atoms with van der Waals surface area (Å²) < 4.78 is 18.5. The van der Waals surface area contributed by atoms with E-state index in [0.29, 0.717) is 10.4 Å². The van der Waals surface area contributed by atoms with Crippen molar-refractivity contribution >= 4 is 29.0 Å². The summed E-state index contributed by atoms with van der Waals surface area (Å²) >= 11 is 1.38. The number of carbonyl (C=O) groups is 3. The lowest BCUT2D eigenvalue weighted by Crippen LogP contribution is -2.31. The number of halogens is 1. The van der Waals surface area contributed by atoms with Crippen LogP contribution in [0, 0.1) is 12.7 Å². The number of aryl methyl sites for hydroxylation is 1. The molecule has 1 heterocycles. The molecule has 0 spiro atoms. The van der Waals surface area contributed by atoms with Gasteiger partial charge in [0.1, 0.15) is 5.82 Å². The Morgan fingerprint density at radius 3 is 2.50 bits per heavy atom. The van der Waals surface area contributed by atoms with Crippen LogP contribution in [0.3, 0.4) is 0 Å². The van der Waals surface area contributed by atoms with Crippen molar-refractivity contribution in [2.24, 2.45) is 0 Å². The van der Waals surface area contributed by atoms with Gasteiger partial charge in [-0.2, -0.15) is 0 Å². The fraction of sp³-hybridized carbons (Fsp3) is 0.316. The standard InChI is InChI=1S/C19H20FNO4S/c1-13-7-9-17(26-13)16(22)8-10-19(24)25-12-18(23)21(2)11-14-5-3-4-6-15(14)20/h3-7,9H,8,10-12H2,1-2H3. The molecule has 0 aliphatic heterocycles. The minimum Gasteiger partial charge on any atom is -0.456 e. The fourth-order valence-corrected chi connectivity index (χ4v) is 3.05. The molecule has 1 amide bonds. The van der Waals surface area contributed by atoms with Crippen molar-refractivity contribution in [3.05, 3.63) is 57.5 Å². The molecule has 0 fully saturated rings. The third-order valence-electron chi connectivity index (χ3n) is 3.72. The van der Waals surface area contributed by atoms with E-state index in [1.54, 1.807) is 24.3 Å². The Hall–Kier alpha value is -2.54. The molecule has 0 aliphatic carbocycles. The van der Waals surface area contributed by atoms with Crippen molar-refractivity contribution in [1.82, 2.24) is 4.90 Å². The Bertz CT molecular complexity index is 802. The van der Waals surface area contributed by atoms with Crippen LogP contribution in [-0.4, -0.2) is 36.2 Å². The van der Waals surface area contributed by atoms with Gasteiger partial charge in [0, 0.05) is 30.5 Å². The number of likely N-dealkylation sites (N-methyl/N-ethyl adjacent to an activating group) is 1. The summed E-state index contributed by atoms with van der Waals surface area (Å²) in [4.78, 5) is 38.6. The molecule has 0 unspecified atom stereocenters. The van der Waals surface area contributed by atoms with Gasteiger partial charge in [0.2, 0.25) is 0 Å². The molecule has 138 valence electrons. The maximum Gasteiger partial charge on any atom is 0.306 e. The number of hydrogen-bond donors (Lipinski definition) is 0. The van der Waals surface area contributed by atoms with Crippen LogP contribution in [0.5, 0.6) is 0 Å². The van der Waals surface area contributed by atoms with E-state index in [1.165, 1.54) is 29.4 Å². The molecule has 2 aromatic rings. The van der Waals surface area contributed by atoms with Gasteiger partial charge in [-0.25, -0.2) is 4.39 Å². The van der Waals surface area contributed by atoms with Crippen molar-refractivity contribution in [1.29, 1.82) is 0 Å². The summed E-state index contributed by atoms with van der Waals surface area (Å²) in [5.41, 5.74) is 0.381. The number of nitrogens with zero attached hydrogens (tertiary/aromatic N) is 1. The average Bonchev–Trinajstić information content (AvgIpc) is 3.06. The van der Waals surface area contributed by atoms with Crippen LogP contribution in [0.2, 0.25) is 0 Å². The van der Waals surface area contributed by atoms with Crippen LogP contribution in [-0.2, 0) is 20.9 Å². The van der Waals surface area contributed by atoms with Crippen LogP contribution in [0.15, 0.2) is 36.4 Å². The van der Waals surface area contributed by atoms with Crippen molar-refractivity contribution < 1.29 is 23.5 Å². The Morgan fingerprint density at radius 1 is 1.12 bits per heavy atom. The summed E-state index contributed by atoms with van der Waals surface area (Å²) in [5, 5.41) is 0. The number of ether oxygens (including phenoxy) is 1. The van der Waals surface area contributed by atoms with Gasteiger partial charge < -0.3 is 9.64 Å². The van der Waals surface area contributed by atoms with Gasteiger partial charge in [0.25, 0.3) is 5.91 Å². The van der Waals surface area contributed by atoms with Gasteiger partial charge in [-0.15, -0.1) is 11.3 Å². The smallest absolute Gasteiger partial charge is 0.306 e. The van der Waals surface area contributed by atoms with E-state index in [-0.39, 0.29) is 25.2 Å². The van der Waals surface area contributed by atoms with Gasteiger partial charge in [-0.3, -0.25) is 14.4 Å². The molecule has 0 saturated carbocycles. The first kappa shape index (κ1) is 19.8. The summed E-state index contributed by atoms with van der Waals surface area (Å²) in [6.45, 7) is 1.55. The van der Waals surface area contributed by atoms with Crippen LogP contribution >= 0.6 is 11.3 Å². The Balaban J connectivity index is 1.73. The molecular weight excluding hydrogens is 357 g/mol. The van der Waals surface area contributed by atoms with Crippen molar-refractivity contribution in [3.8, 4) is 0 Å². The number of rotatable bonds is 8. The lowest BCUT2D eigenvalue weighted by Gasteiger charge is -2.17. The second-order valence-electron chi connectivity index (χ2n) is 5.84. The number of hydrogen-bond acceptors (Lipinski definition) is 5. The predicted octanol–water partition coefficient (Wildman–Crippen LogP) is 3.36. The Kier molecular flexibility index (Phi) is 7.03. The molecule has 0 saturated heterocycles. The molecular formula is C19H20FNO4S. The highest BCUT2D eigenvalue weighted by Crippen LogP contribution is 2.17. The largest absolute Gasteiger partial charge is 0.456 e. The van der Waals surface area contributed by atoms with E-state index in [1.807, 2.05) is 13.0 Å². The quantitative estimate of drug-likeness (QED) is 0.523. The van der Waals surface area contributed by atoms with Gasteiger partial charge in [-0.1, -0.05) is 18.2 Å². The van der Waals surface area contributed by atoms with Gasteiger partial charge in [-0.05, 0) is 25.1 Å². The molecule has 1 aromatic heterocycles. The zero-order valence-electron chi connectivity index (χ0n) is 14.7. The number of amides is 1. The molecule has 5 nitrogen and oxygen atoms in total. The topological polar surface area (TPSA) is 63.7 Å². The van der Waals surface area contributed by atoms with Crippen LogP contribution in [0.1, 0.15) is 33.0 Å². The maximum absolute atomic E-state index is 13.6. The molecule has 0 atom stereocenters. The normalized spacial score (nSPS) is 10.4. The molecule has 0 bridgehead atoms. The number of benzene rings is 1. The Labute approximate surface area is 155 Å². The van der Waals surface area contributed by atoms with E-state index in [2.05, 4.69) is 0 Å². The van der Waals surface area contributed by atoms with E-state index >= 15 is 0 Å². The first-order valence-corrected chi connectivity index (χ1v) is 8.91. The Morgan fingerprint density at radius 2 is 1.85 bits per heavy atom. The molecule has 0 aliphatic rings. The monoisotopic (exact) mass is 377 g/mol. The average molecular weight is 377 g/mol. The minimum absolute atomic E-state index is 0.0397. The maximum atomic E-state index is 13.6. The second-order valence-corrected chi connectivity index (χ2v) is 7.12.